The lowest BCUT2D eigenvalue weighted by Crippen LogP contribution is -2.46. The van der Waals surface area contributed by atoms with Gasteiger partial charge in [-0.15, -0.1) is 0 Å². The predicted molar refractivity (Wildman–Crippen MR) is 220 cm³/mol. The number of aliphatic hydroxyl groups excluding tert-OH is 2. The number of aromatic hydroxyl groups is 2. The summed E-state index contributed by atoms with van der Waals surface area (Å²) in [7, 11) is 3.07. The molecule has 0 fully saturated rings. The summed E-state index contributed by atoms with van der Waals surface area (Å²) in [6.07, 6.45) is 5.23. The number of anilines is 1. The third kappa shape index (κ3) is 9.85. The fourth-order valence-corrected chi connectivity index (χ4v) is 7.52. The number of phenols is 2. The van der Waals surface area contributed by atoms with Crippen LogP contribution >= 0.6 is 0 Å². The number of Topliss-reactive ketones (excluding diaryl/α,β-unsaturated/α-hetero) is 1. The van der Waals surface area contributed by atoms with Crippen LogP contribution in [0.4, 0.5) is 5.69 Å². The molecular weight excluding hydrogens is 764 g/mol. The number of esters is 1. The summed E-state index contributed by atoms with van der Waals surface area (Å²) in [5.41, 5.74) is -0.00381. The smallest absolute Gasteiger partial charge is 0.312 e. The van der Waals surface area contributed by atoms with Crippen LogP contribution in [-0.4, -0.2) is 106 Å². The molecule has 0 saturated carbocycles. The topological polar surface area (TPSA) is 211 Å². The first-order valence-corrected chi connectivity index (χ1v) is 19.9. The summed E-state index contributed by atoms with van der Waals surface area (Å²) in [6, 6.07) is 1.27. The molecule has 2 aromatic carbocycles. The number of carbonyl (C=O) groups excluding carboxylic acids is 4. The number of hydrogen-bond donors (Lipinski definition) is 5. The molecule has 324 valence electrons. The maximum Gasteiger partial charge on any atom is 0.312 e. The molecule has 0 aliphatic carbocycles. The number of unbranched alkanes of at least 4 members (excludes halogenated alkanes) is 1. The molecule has 0 saturated heterocycles. The molecule has 3 aliphatic rings. The Bertz CT molecular complexity index is 2010. The molecule has 0 unspecified atom stereocenters. The largest absolute Gasteiger partial charge is 0.507 e. The van der Waals surface area contributed by atoms with E-state index in [4.69, 9.17) is 23.7 Å². The Morgan fingerprint density at radius 1 is 0.983 bits per heavy atom. The monoisotopic (exact) mass is 824 g/mol. The number of aliphatic hydroxyl groups is 2. The first kappa shape index (κ1) is 46.6. The molecule has 59 heavy (non-hydrogen) atoms. The molecule has 9 atom stereocenters. The van der Waals surface area contributed by atoms with Crippen molar-refractivity contribution in [1.82, 2.24) is 4.90 Å². The van der Waals surface area contributed by atoms with Crippen LogP contribution in [0.15, 0.2) is 42.2 Å². The molecular formula is C44H60N2O13. The van der Waals surface area contributed by atoms with Gasteiger partial charge in [0, 0.05) is 80.8 Å². The highest BCUT2D eigenvalue weighted by Crippen LogP contribution is 2.54. The summed E-state index contributed by atoms with van der Waals surface area (Å²) >= 11 is 0. The van der Waals surface area contributed by atoms with Gasteiger partial charge in [0.25, 0.3) is 17.6 Å². The number of likely N-dealkylation sites (N-methyl/N-ethyl adjacent to an activating group) is 1. The van der Waals surface area contributed by atoms with Crippen molar-refractivity contribution in [3.05, 3.63) is 53.3 Å². The Hall–Kier alpha value is -5.12. The standard InChI is InChI=1S/C44H60N2O13/c1-12-13-18-46(10)32(48)21-56-31-20-29-39(52)34-33(31)35-41(27(7)38(34)51)59-44(9,42(35)53)57-19-17-30(55-11)24(4)40(58-28(8)47)26(6)37(50)25(5)36(49)22(2)15-14-16-23(3)43(54)45-29/h14-17,19-20,22,24-26,30,36-37,40,49-52H,12-13,18,21H2,1-11H3,(H,45,54)/b15-14+,19-17+,23-16-/t22-,24+,25+,26+,30-,36-,37+,40+,44-/m0/s1. The minimum absolute atomic E-state index is 0.0562. The zero-order chi connectivity index (χ0) is 44.1. The molecule has 3 aliphatic heterocycles. The Labute approximate surface area is 345 Å². The minimum atomic E-state index is -2.02. The first-order valence-electron chi connectivity index (χ1n) is 19.9. The molecule has 5 N–H and O–H groups in total. The van der Waals surface area contributed by atoms with Gasteiger partial charge in [-0.2, -0.15) is 0 Å². The van der Waals surface area contributed by atoms with Crippen molar-refractivity contribution >= 4 is 40.0 Å². The van der Waals surface area contributed by atoms with Crippen LogP contribution in [0.1, 0.15) is 84.2 Å². The van der Waals surface area contributed by atoms with Crippen molar-refractivity contribution in [2.24, 2.45) is 23.7 Å². The van der Waals surface area contributed by atoms with Gasteiger partial charge in [0.2, 0.25) is 0 Å². The number of ether oxygens (including phenoxy) is 5. The highest BCUT2D eigenvalue weighted by atomic mass is 16.7. The molecule has 0 spiro atoms. The van der Waals surface area contributed by atoms with Crippen LogP contribution < -0.4 is 14.8 Å². The lowest BCUT2D eigenvalue weighted by atomic mass is 9.78. The van der Waals surface area contributed by atoms with E-state index in [0.717, 1.165) is 12.8 Å². The van der Waals surface area contributed by atoms with Gasteiger partial charge < -0.3 is 54.3 Å². The Kier molecular flexibility index (Phi) is 15.2. The third-order valence-corrected chi connectivity index (χ3v) is 11.4. The Morgan fingerprint density at radius 3 is 2.29 bits per heavy atom. The third-order valence-electron chi connectivity index (χ3n) is 11.4. The van der Waals surface area contributed by atoms with Crippen molar-refractivity contribution in [1.29, 1.82) is 0 Å². The number of hydrogen-bond acceptors (Lipinski definition) is 13. The SMILES string of the molecule is CCCCN(C)C(=O)COc1cc2c(O)c3c(O)c(C)c4c(c13)C(=O)[C@@](C)(O/C=C/[C@H](OC)[C@@H](C)[C@@H](OC(C)=O)[C@H](C)[C@H](O)[C@H](C)[C@@H](O)[C@@H](C)/C=C/C=C(/C)C(=O)N2)O4. The highest BCUT2D eigenvalue weighted by Gasteiger charge is 2.49. The number of allylic oxidation sites excluding steroid dienone is 2. The first-order chi connectivity index (χ1) is 27.7. The average Bonchev–Trinajstić information content (AvgIpc) is 3.46. The van der Waals surface area contributed by atoms with Crippen molar-refractivity contribution in [2.45, 2.75) is 105 Å². The summed E-state index contributed by atoms with van der Waals surface area (Å²) in [5.74, 6) is -8.01. The van der Waals surface area contributed by atoms with Crippen LogP contribution in [0.3, 0.4) is 0 Å². The lowest BCUT2D eigenvalue weighted by molar-refractivity contribution is -0.160. The van der Waals surface area contributed by atoms with E-state index in [9.17, 15) is 39.6 Å². The van der Waals surface area contributed by atoms with Crippen molar-refractivity contribution in [3.63, 3.8) is 0 Å². The van der Waals surface area contributed by atoms with E-state index in [0.29, 0.717) is 6.54 Å². The number of phenolic OH excluding ortho intramolecular Hbond substituents is 2. The second-order valence-electron chi connectivity index (χ2n) is 15.9. The van der Waals surface area contributed by atoms with E-state index in [1.54, 1.807) is 46.9 Å². The zero-order valence-electron chi connectivity index (χ0n) is 35.8. The molecule has 15 heteroatoms. The molecule has 5 bridgehead atoms. The van der Waals surface area contributed by atoms with Gasteiger partial charge in [0.1, 0.15) is 23.4 Å². The van der Waals surface area contributed by atoms with E-state index >= 15 is 0 Å². The van der Waals surface area contributed by atoms with Crippen LogP contribution in [-0.2, 0) is 28.6 Å². The van der Waals surface area contributed by atoms with Crippen LogP contribution in [0.25, 0.3) is 10.8 Å². The Balaban J connectivity index is 1.92. The summed E-state index contributed by atoms with van der Waals surface area (Å²) in [5, 5.41) is 48.4. The van der Waals surface area contributed by atoms with Gasteiger partial charge in [-0.3, -0.25) is 19.2 Å². The van der Waals surface area contributed by atoms with Gasteiger partial charge in [-0.1, -0.05) is 59.3 Å². The molecule has 5 rings (SSSR count). The fraction of sp³-hybridized carbons (Fsp3) is 0.545. The molecule has 15 nitrogen and oxygen atoms in total. The molecule has 2 aromatic rings. The number of nitrogens with zero attached hydrogens (tertiary/aromatic N) is 1. The van der Waals surface area contributed by atoms with Gasteiger partial charge in [-0.25, -0.2) is 0 Å². The number of amides is 2. The maximum absolute atomic E-state index is 14.5. The predicted octanol–water partition coefficient (Wildman–Crippen LogP) is 5.69. The summed E-state index contributed by atoms with van der Waals surface area (Å²) in [4.78, 5) is 55.0. The number of rotatable bonds is 8. The zero-order valence-corrected chi connectivity index (χ0v) is 35.8. The Morgan fingerprint density at radius 2 is 1.66 bits per heavy atom. The van der Waals surface area contributed by atoms with Crippen LogP contribution in [0.5, 0.6) is 23.0 Å². The van der Waals surface area contributed by atoms with Gasteiger partial charge in [0.05, 0.1) is 41.2 Å². The van der Waals surface area contributed by atoms with Gasteiger partial charge in [0.15, 0.2) is 12.4 Å². The molecule has 0 aromatic heterocycles. The fourth-order valence-electron chi connectivity index (χ4n) is 7.52. The number of nitrogens with one attached hydrogen (secondary N) is 1. The number of fused-ring (bicyclic) bond motifs is 14. The molecule has 2 amide bonds. The van der Waals surface area contributed by atoms with E-state index in [1.807, 2.05) is 6.92 Å². The molecule has 0 radical (unpaired) electrons. The van der Waals surface area contributed by atoms with Crippen molar-refractivity contribution < 1.29 is 63.3 Å². The van der Waals surface area contributed by atoms with Crippen molar-refractivity contribution in [2.75, 3.05) is 32.6 Å². The summed E-state index contributed by atoms with van der Waals surface area (Å²) < 4.78 is 29.7. The molecule has 3 heterocycles. The quantitative estimate of drug-likeness (QED) is 0.160. The number of carbonyl (C=O) groups is 4. The van der Waals surface area contributed by atoms with Crippen molar-refractivity contribution in [3.8, 4) is 23.0 Å². The second kappa shape index (κ2) is 19.3. The summed E-state index contributed by atoms with van der Waals surface area (Å²) in [6.45, 7) is 14.6. The van der Waals surface area contributed by atoms with Gasteiger partial charge >= 0.3 is 11.8 Å². The van der Waals surface area contributed by atoms with E-state index in [2.05, 4.69) is 5.32 Å². The van der Waals surface area contributed by atoms with E-state index in [1.165, 1.54) is 64.2 Å². The van der Waals surface area contributed by atoms with E-state index in [-0.39, 0.29) is 50.6 Å². The van der Waals surface area contributed by atoms with Crippen LogP contribution in [0.2, 0.25) is 0 Å². The number of methoxy groups -OCH3 is 1. The minimum Gasteiger partial charge on any atom is -0.507 e. The number of ketones is 1. The van der Waals surface area contributed by atoms with E-state index < -0.39 is 89.6 Å². The highest BCUT2D eigenvalue weighted by molar-refractivity contribution is 6.21. The lowest BCUT2D eigenvalue weighted by Gasteiger charge is -2.38. The maximum atomic E-state index is 14.5. The van der Waals surface area contributed by atoms with Crippen LogP contribution in [0, 0.1) is 30.6 Å². The average molecular weight is 825 g/mol. The second-order valence-corrected chi connectivity index (χ2v) is 15.9. The number of benzene rings is 2. The van der Waals surface area contributed by atoms with Gasteiger partial charge in [-0.05, 0) is 26.3 Å². The normalized spacial score (nSPS) is 29.8.